The van der Waals surface area contributed by atoms with Crippen molar-refractivity contribution in [1.82, 2.24) is 0 Å². The van der Waals surface area contributed by atoms with Crippen molar-refractivity contribution in [1.29, 1.82) is 0 Å². The summed E-state index contributed by atoms with van der Waals surface area (Å²) < 4.78 is 4.83. The number of aryl methyl sites for hydroxylation is 2. The van der Waals surface area contributed by atoms with Gasteiger partial charge in [-0.05, 0) is 37.0 Å². The van der Waals surface area contributed by atoms with E-state index in [0.29, 0.717) is 10.6 Å². The van der Waals surface area contributed by atoms with Crippen LogP contribution in [0.2, 0.25) is 0 Å². The predicted molar refractivity (Wildman–Crippen MR) is 103 cm³/mol. The van der Waals surface area contributed by atoms with Crippen molar-refractivity contribution in [2.24, 2.45) is 0 Å². The van der Waals surface area contributed by atoms with E-state index in [-0.39, 0.29) is 5.41 Å². The minimum Gasteiger partial charge on any atom is -0.465 e. The topological polar surface area (TPSA) is 67.4 Å². The minimum absolute atomic E-state index is 0.128. The third-order valence-electron chi connectivity index (χ3n) is 3.72. The normalized spacial score (nSPS) is 11.1. The summed E-state index contributed by atoms with van der Waals surface area (Å²) in [5.41, 5.74) is 3.17. The number of thiophene rings is 1. The number of benzene rings is 1. The lowest BCUT2D eigenvalue weighted by Gasteiger charge is -2.15. The molecule has 0 unspecified atom stereocenters. The van der Waals surface area contributed by atoms with E-state index in [2.05, 4.69) is 31.4 Å². The summed E-state index contributed by atoms with van der Waals surface area (Å²) in [7, 11) is 1.33. The monoisotopic (exact) mass is 360 g/mol. The average Bonchev–Trinajstić information content (AvgIpc) is 2.93. The van der Waals surface area contributed by atoms with Gasteiger partial charge in [0.25, 0.3) is 0 Å². The van der Waals surface area contributed by atoms with Gasteiger partial charge in [0.05, 0.1) is 12.8 Å². The second-order valence-electron chi connectivity index (χ2n) is 6.99. The second-order valence-corrected chi connectivity index (χ2v) is 8.04. The molecule has 1 aromatic heterocycles. The lowest BCUT2D eigenvalue weighted by molar-refractivity contribution is 0.0607. The first-order valence-electron chi connectivity index (χ1n) is 7.99. The van der Waals surface area contributed by atoms with Crippen LogP contribution in [0.1, 0.15) is 46.4 Å². The van der Waals surface area contributed by atoms with Crippen LogP contribution in [0, 0.1) is 13.8 Å². The molecule has 0 bridgehead atoms. The second kappa shape index (κ2) is 7.27. The Kier molecular flexibility index (Phi) is 5.52. The fourth-order valence-electron chi connectivity index (χ4n) is 2.33. The van der Waals surface area contributed by atoms with Crippen LogP contribution in [0.5, 0.6) is 0 Å². The highest BCUT2D eigenvalue weighted by Gasteiger charge is 2.24. The van der Waals surface area contributed by atoms with Crippen LogP contribution in [0.4, 0.5) is 16.2 Å². The number of amides is 2. The third-order valence-corrected chi connectivity index (χ3v) is 5.26. The van der Waals surface area contributed by atoms with Gasteiger partial charge in [-0.3, -0.25) is 0 Å². The summed E-state index contributed by atoms with van der Waals surface area (Å²) in [5.74, 6) is -0.456. The van der Waals surface area contributed by atoms with Crippen LogP contribution in [-0.4, -0.2) is 19.1 Å². The van der Waals surface area contributed by atoms with Gasteiger partial charge in [0.1, 0.15) is 4.88 Å². The Labute approximate surface area is 152 Å². The molecule has 0 saturated carbocycles. The van der Waals surface area contributed by atoms with Gasteiger partial charge in [-0.1, -0.05) is 38.5 Å². The number of nitrogens with one attached hydrogen (secondary N) is 2. The van der Waals surface area contributed by atoms with Crippen LogP contribution in [0.15, 0.2) is 24.3 Å². The molecule has 0 aliphatic heterocycles. The number of anilines is 2. The number of esters is 1. The fraction of sp³-hybridized carbons (Fsp3) is 0.368. The van der Waals surface area contributed by atoms with Gasteiger partial charge in [0.2, 0.25) is 0 Å². The van der Waals surface area contributed by atoms with Crippen molar-refractivity contribution in [3.8, 4) is 0 Å². The summed E-state index contributed by atoms with van der Waals surface area (Å²) in [6, 6.07) is 7.23. The van der Waals surface area contributed by atoms with E-state index < -0.39 is 12.0 Å². The SMILES string of the molecule is COC(=O)c1sc(C(C)(C)C)cc1NC(=O)Nc1ccc(C)cc1C. The summed E-state index contributed by atoms with van der Waals surface area (Å²) in [5, 5.41) is 5.59. The van der Waals surface area contributed by atoms with Crippen LogP contribution >= 0.6 is 11.3 Å². The van der Waals surface area contributed by atoms with Crippen LogP contribution < -0.4 is 10.6 Å². The minimum atomic E-state index is -0.456. The molecule has 134 valence electrons. The number of ether oxygens (including phenoxy) is 1. The summed E-state index contributed by atoms with van der Waals surface area (Å²) in [6.45, 7) is 10.1. The summed E-state index contributed by atoms with van der Waals surface area (Å²) in [6.07, 6.45) is 0. The molecule has 2 rings (SSSR count). The fourth-order valence-corrected chi connectivity index (χ4v) is 3.42. The van der Waals surface area contributed by atoms with Crippen LogP contribution in [0.3, 0.4) is 0 Å². The molecule has 2 amide bonds. The third kappa shape index (κ3) is 4.60. The van der Waals surface area contributed by atoms with E-state index in [0.717, 1.165) is 21.7 Å². The first-order chi connectivity index (χ1) is 11.6. The molecule has 0 aliphatic carbocycles. The zero-order valence-corrected chi connectivity index (χ0v) is 16.3. The molecule has 25 heavy (non-hydrogen) atoms. The zero-order chi connectivity index (χ0) is 18.8. The first-order valence-corrected chi connectivity index (χ1v) is 8.81. The van der Waals surface area contributed by atoms with Crippen molar-refractivity contribution in [2.45, 2.75) is 40.0 Å². The van der Waals surface area contributed by atoms with E-state index in [1.807, 2.05) is 38.1 Å². The van der Waals surface area contributed by atoms with Gasteiger partial charge < -0.3 is 15.4 Å². The molecule has 2 aromatic rings. The number of urea groups is 1. The number of hydrogen-bond donors (Lipinski definition) is 2. The van der Waals surface area contributed by atoms with Gasteiger partial charge in [0.15, 0.2) is 0 Å². The van der Waals surface area contributed by atoms with Gasteiger partial charge in [-0.15, -0.1) is 11.3 Å². The summed E-state index contributed by atoms with van der Waals surface area (Å²) >= 11 is 1.34. The Morgan fingerprint density at radius 3 is 2.24 bits per heavy atom. The largest absolute Gasteiger partial charge is 0.465 e. The highest BCUT2D eigenvalue weighted by molar-refractivity contribution is 7.14. The standard InChI is InChI=1S/C19H24N2O3S/c1-11-7-8-13(12(2)9-11)20-18(23)21-14-10-15(19(3,4)5)25-16(14)17(22)24-6/h7-10H,1-6H3,(H2,20,21,23). The molecular formula is C19H24N2O3S. The molecule has 0 spiro atoms. The van der Waals surface area contributed by atoms with Crippen molar-refractivity contribution in [3.05, 3.63) is 45.1 Å². The Bertz CT molecular complexity index is 803. The quantitative estimate of drug-likeness (QED) is 0.749. The van der Waals surface area contributed by atoms with Crippen LogP contribution in [-0.2, 0) is 10.2 Å². The lowest BCUT2D eigenvalue weighted by Crippen LogP contribution is -2.21. The molecule has 0 aliphatic rings. The van der Waals surface area contributed by atoms with E-state index in [4.69, 9.17) is 4.74 Å². The molecule has 5 nitrogen and oxygen atoms in total. The maximum Gasteiger partial charge on any atom is 0.350 e. The molecule has 1 heterocycles. The van der Waals surface area contributed by atoms with Crippen molar-refractivity contribution >= 4 is 34.7 Å². The predicted octanol–water partition coefficient (Wildman–Crippen LogP) is 5.09. The van der Waals surface area contributed by atoms with E-state index in [1.54, 1.807) is 0 Å². The van der Waals surface area contributed by atoms with Gasteiger partial charge in [0, 0.05) is 10.6 Å². The highest BCUT2D eigenvalue weighted by atomic mass is 32.1. The van der Waals surface area contributed by atoms with Gasteiger partial charge >= 0.3 is 12.0 Å². The molecule has 1 aromatic carbocycles. The smallest absolute Gasteiger partial charge is 0.350 e. The number of hydrogen-bond acceptors (Lipinski definition) is 4. The lowest BCUT2D eigenvalue weighted by atomic mass is 9.94. The van der Waals surface area contributed by atoms with E-state index in [1.165, 1.54) is 18.4 Å². The number of carbonyl (C=O) groups excluding carboxylic acids is 2. The molecule has 0 fully saturated rings. The molecule has 0 saturated heterocycles. The molecule has 0 atom stereocenters. The highest BCUT2D eigenvalue weighted by Crippen LogP contribution is 2.36. The maximum atomic E-state index is 12.4. The van der Waals surface area contributed by atoms with Crippen molar-refractivity contribution in [3.63, 3.8) is 0 Å². The van der Waals surface area contributed by atoms with Gasteiger partial charge in [-0.25, -0.2) is 9.59 Å². The molecule has 6 heteroatoms. The number of methoxy groups -OCH3 is 1. The van der Waals surface area contributed by atoms with Crippen molar-refractivity contribution in [2.75, 3.05) is 17.7 Å². The Morgan fingerprint density at radius 1 is 1.04 bits per heavy atom. The Morgan fingerprint density at radius 2 is 1.68 bits per heavy atom. The Hall–Kier alpha value is -2.34. The van der Waals surface area contributed by atoms with E-state index >= 15 is 0 Å². The number of carbonyl (C=O) groups is 2. The molecule has 0 radical (unpaired) electrons. The summed E-state index contributed by atoms with van der Waals surface area (Å²) in [4.78, 5) is 25.8. The molecular weight excluding hydrogens is 336 g/mol. The molecule has 2 N–H and O–H groups in total. The average molecular weight is 360 g/mol. The van der Waals surface area contributed by atoms with Crippen molar-refractivity contribution < 1.29 is 14.3 Å². The van der Waals surface area contributed by atoms with E-state index in [9.17, 15) is 9.59 Å². The zero-order valence-electron chi connectivity index (χ0n) is 15.4. The Balaban J connectivity index is 2.24. The van der Waals surface area contributed by atoms with Gasteiger partial charge in [-0.2, -0.15) is 0 Å². The first kappa shape index (κ1) is 19.0. The van der Waals surface area contributed by atoms with Crippen LogP contribution in [0.25, 0.3) is 0 Å². The number of rotatable bonds is 3. The maximum absolute atomic E-state index is 12.4.